The highest BCUT2D eigenvalue weighted by Gasteiger charge is 2.06. The SMILES string of the molecule is CCc1ccccc1-c1ccncc1NC. The molecule has 0 aliphatic heterocycles. The van der Waals surface area contributed by atoms with E-state index >= 15 is 0 Å². The van der Waals surface area contributed by atoms with Crippen molar-refractivity contribution >= 4 is 5.69 Å². The van der Waals surface area contributed by atoms with Crippen LogP contribution in [0.2, 0.25) is 0 Å². The van der Waals surface area contributed by atoms with Gasteiger partial charge in [-0.1, -0.05) is 31.2 Å². The summed E-state index contributed by atoms with van der Waals surface area (Å²) in [6.07, 6.45) is 4.74. The molecule has 0 aliphatic carbocycles. The predicted octanol–water partition coefficient (Wildman–Crippen LogP) is 3.35. The van der Waals surface area contributed by atoms with Crippen LogP contribution in [0, 0.1) is 0 Å². The van der Waals surface area contributed by atoms with E-state index in [0.717, 1.165) is 12.1 Å². The van der Waals surface area contributed by atoms with Crippen molar-refractivity contribution < 1.29 is 0 Å². The number of nitrogens with one attached hydrogen (secondary N) is 1. The molecule has 0 fully saturated rings. The molecule has 0 aliphatic rings. The lowest BCUT2D eigenvalue weighted by molar-refractivity contribution is 1.14. The zero-order valence-electron chi connectivity index (χ0n) is 9.70. The van der Waals surface area contributed by atoms with Crippen LogP contribution in [0.3, 0.4) is 0 Å². The fourth-order valence-electron chi connectivity index (χ4n) is 1.92. The van der Waals surface area contributed by atoms with E-state index < -0.39 is 0 Å². The first kappa shape index (κ1) is 10.7. The van der Waals surface area contributed by atoms with Crippen LogP contribution in [-0.4, -0.2) is 12.0 Å². The summed E-state index contributed by atoms with van der Waals surface area (Å²) < 4.78 is 0. The maximum Gasteiger partial charge on any atom is 0.0603 e. The maximum atomic E-state index is 4.13. The van der Waals surface area contributed by atoms with E-state index in [9.17, 15) is 0 Å². The minimum atomic E-state index is 1.04. The molecule has 0 atom stereocenters. The summed E-state index contributed by atoms with van der Waals surface area (Å²) in [6, 6.07) is 10.6. The summed E-state index contributed by atoms with van der Waals surface area (Å²) in [7, 11) is 1.93. The van der Waals surface area contributed by atoms with E-state index in [4.69, 9.17) is 0 Å². The second kappa shape index (κ2) is 4.79. The number of hydrogen-bond donors (Lipinski definition) is 1. The Morgan fingerprint density at radius 1 is 1.12 bits per heavy atom. The van der Waals surface area contributed by atoms with E-state index in [2.05, 4.69) is 47.6 Å². The third-order valence-corrected chi connectivity index (χ3v) is 2.78. The highest BCUT2D eigenvalue weighted by atomic mass is 14.8. The van der Waals surface area contributed by atoms with Crippen LogP contribution in [0.4, 0.5) is 5.69 Å². The van der Waals surface area contributed by atoms with Crippen LogP contribution in [0.5, 0.6) is 0 Å². The standard InChI is InChI=1S/C14H16N2/c1-3-11-6-4-5-7-12(11)13-8-9-16-10-14(13)15-2/h4-10,15H,3H2,1-2H3. The van der Waals surface area contributed by atoms with Crippen molar-refractivity contribution in [2.45, 2.75) is 13.3 Å². The molecule has 16 heavy (non-hydrogen) atoms. The number of nitrogens with zero attached hydrogens (tertiary/aromatic N) is 1. The van der Waals surface area contributed by atoms with Gasteiger partial charge in [-0.25, -0.2) is 0 Å². The smallest absolute Gasteiger partial charge is 0.0603 e. The first-order valence-electron chi connectivity index (χ1n) is 5.57. The molecule has 0 amide bonds. The first-order chi connectivity index (χ1) is 7.86. The number of hydrogen-bond acceptors (Lipinski definition) is 2. The fourth-order valence-corrected chi connectivity index (χ4v) is 1.92. The van der Waals surface area contributed by atoms with Gasteiger partial charge in [-0.3, -0.25) is 4.98 Å². The van der Waals surface area contributed by atoms with Gasteiger partial charge in [0.15, 0.2) is 0 Å². The van der Waals surface area contributed by atoms with Gasteiger partial charge in [0, 0.05) is 18.8 Å². The molecule has 0 radical (unpaired) electrons. The van der Waals surface area contributed by atoms with Crippen LogP contribution in [0.1, 0.15) is 12.5 Å². The Morgan fingerprint density at radius 2 is 1.94 bits per heavy atom. The lowest BCUT2D eigenvalue weighted by Gasteiger charge is -2.11. The van der Waals surface area contributed by atoms with Crippen LogP contribution in [0.15, 0.2) is 42.7 Å². The van der Waals surface area contributed by atoms with Crippen molar-refractivity contribution in [2.24, 2.45) is 0 Å². The molecule has 2 rings (SSSR count). The summed E-state index contributed by atoms with van der Waals surface area (Å²) in [5.74, 6) is 0. The van der Waals surface area contributed by atoms with E-state index in [1.807, 2.05) is 19.4 Å². The Labute approximate surface area is 96.4 Å². The average Bonchev–Trinajstić information content (AvgIpc) is 2.38. The van der Waals surface area contributed by atoms with Gasteiger partial charge in [-0.15, -0.1) is 0 Å². The first-order valence-corrected chi connectivity index (χ1v) is 5.57. The van der Waals surface area contributed by atoms with Gasteiger partial charge in [0.1, 0.15) is 0 Å². The molecular formula is C14H16N2. The Bertz CT molecular complexity index is 432. The highest BCUT2D eigenvalue weighted by Crippen LogP contribution is 2.29. The van der Waals surface area contributed by atoms with E-state index in [1.165, 1.54) is 16.7 Å². The summed E-state index contributed by atoms with van der Waals surface area (Å²) in [4.78, 5) is 4.13. The third kappa shape index (κ3) is 1.91. The minimum Gasteiger partial charge on any atom is -0.386 e. The molecule has 0 bridgehead atoms. The highest BCUT2D eigenvalue weighted by molar-refractivity contribution is 5.79. The van der Waals surface area contributed by atoms with E-state index in [-0.39, 0.29) is 0 Å². The van der Waals surface area contributed by atoms with E-state index in [0.29, 0.717) is 0 Å². The Balaban J connectivity index is 2.58. The Kier molecular flexibility index (Phi) is 3.20. The van der Waals surface area contributed by atoms with Crippen LogP contribution in [-0.2, 0) is 6.42 Å². The Morgan fingerprint density at radius 3 is 2.69 bits per heavy atom. The molecule has 1 aromatic heterocycles. The molecule has 0 saturated carbocycles. The second-order valence-corrected chi connectivity index (χ2v) is 3.68. The van der Waals surface area contributed by atoms with Gasteiger partial charge in [-0.05, 0) is 23.6 Å². The molecule has 2 heteroatoms. The number of benzene rings is 1. The zero-order valence-corrected chi connectivity index (χ0v) is 9.70. The molecule has 1 heterocycles. The lowest BCUT2D eigenvalue weighted by atomic mass is 9.98. The van der Waals surface area contributed by atoms with Crippen LogP contribution in [0.25, 0.3) is 11.1 Å². The molecule has 2 nitrogen and oxygen atoms in total. The molecule has 0 unspecified atom stereocenters. The lowest BCUT2D eigenvalue weighted by Crippen LogP contribution is -1.95. The third-order valence-electron chi connectivity index (χ3n) is 2.78. The molecular weight excluding hydrogens is 196 g/mol. The van der Waals surface area contributed by atoms with Crippen molar-refractivity contribution in [1.29, 1.82) is 0 Å². The van der Waals surface area contributed by atoms with Crippen molar-refractivity contribution in [3.05, 3.63) is 48.3 Å². The van der Waals surface area contributed by atoms with Crippen LogP contribution < -0.4 is 5.32 Å². The number of anilines is 1. The molecule has 1 N–H and O–H groups in total. The van der Waals surface area contributed by atoms with Crippen molar-refractivity contribution in [3.63, 3.8) is 0 Å². The number of aromatic nitrogens is 1. The summed E-state index contributed by atoms with van der Waals surface area (Å²) >= 11 is 0. The number of rotatable bonds is 3. The number of pyridine rings is 1. The van der Waals surface area contributed by atoms with Gasteiger partial charge in [0.25, 0.3) is 0 Å². The minimum absolute atomic E-state index is 1.04. The number of aryl methyl sites for hydroxylation is 1. The molecule has 0 spiro atoms. The van der Waals surface area contributed by atoms with Gasteiger partial charge in [-0.2, -0.15) is 0 Å². The van der Waals surface area contributed by atoms with E-state index in [1.54, 1.807) is 0 Å². The zero-order chi connectivity index (χ0) is 11.4. The normalized spacial score (nSPS) is 10.1. The van der Waals surface area contributed by atoms with Gasteiger partial charge in [0.05, 0.1) is 11.9 Å². The second-order valence-electron chi connectivity index (χ2n) is 3.68. The topological polar surface area (TPSA) is 24.9 Å². The quantitative estimate of drug-likeness (QED) is 0.844. The molecule has 2 aromatic rings. The fraction of sp³-hybridized carbons (Fsp3) is 0.214. The van der Waals surface area contributed by atoms with Crippen molar-refractivity contribution in [1.82, 2.24) is 4.98 Å². The molecule has 82 valence electrons. The molecule has 1 aromatic carbocycles. The van der Waals surface area contributed by atoms with Gasteiger partial charge < -0.3 is 5.32 Å². The van der Waals surface area contributed by atoms with Gasteiger partial charge in [0.2, 0.25) is 0 Å². The van der Waals surface area contributed by atoms with Crippen molar-refractivity contribution in [3.8, 4) is 11.1 Å². The van der Waals surface area contributed by atoms with Crippen molar-refractivity contribution in [2.75, 3.05) is 12.4 Å². The average molecular weight is 212 g/mol. The summed E-state index contributed by atoms with van der Waals surface area (Å²) in [5.41, 5.74) is 4.94. The summed E-state index contributed by atoms with van der Waals surface area (Å²) in [5, 5.41) is 3.18. The van der Waals surface area contributed by atoms with Gasteiger partial charge >= 0.3 is 0 Å². The molecule has 0 saturated heterocycles. The predicted molar refractivity (Wildman–Crippen MR) is 68.6 cm³/mol. The maximum absolute atomic E-state index is 4.13. The largest absolute Gasteiger partial charge is 0.386 e. The Hall–Kier alpha value is -1.83. The summed E-state index contributed by atoms with van der Waals surface area (Å²) in [6.45, 7) is 2.18. The monoisotopic (exact) mass is 212 g/mol. The van der Waals surface area contributed by atoms with Crippen LogP contribution >= 0.6 is 0 Å².